The Kier molecular flexibility index (Phi) is 3.49. The quantitative estimate of drug-likeness (QED) is 0.690. The maximum atomic E-state index is 11.1. The van der Waals surface area contributed by atoms with Crippen LogP contribution in [-0.2, 0) is 4.79 Å². The number of carbonyl (C=O) groups excluding carboxylic acids is 1. The molecular formula is C18H16N4O2. The Bertz CT molecular complexity index is 849. The van der Waals surface area contributed by atoms with E-state index >= 15 is 0 Å². The van der Waals surface area contributed by atoms with Crippen LogP contribution in [0.3, 0.4) is 0 Å². The van der Waals surface area contributed by atoms with E-state index in [2.05, 4.69) is 22.2 Å². The van der Waals surface area contributed by atoms with Gasteiger partial charge in [0, 0.05) is 7.05 Å². The van der Waals surface area contributed by atoms with E-state index in [1.807, 2.05) is 53.0 Å². The van der Waals surface area contributed by atoms with Gasteiger partial charge in [-0.05, 0) is 23.3 Å². The van der Waals surface area contributed by atoms with Gasteiger partial charge in [-0.15, -0.1) is 0 Å². The van der Waals surface area contributed by atoms with E-state index in [-0.39, 0.29) is 6.04 Å². The number of rotatable bonds is 4. The normalized spacial score (nSPS) is 17.2. The molecule has 2 unspecified atom stereocenters. The number of hydrogen-bond acceptors (Lipinski definition) is 5. The molecule has 6 heteroatoms. The molecule has 120 valence electrons. The molecule has 3 aromatic rings. The molecule has 0 aliphatic carbocycles. The summed E-state index contributed by atoms with van der Waals surface area (Å²) >= 11 is 0. The summed E-state index contributed by atoms with van der Waals surface area (Å²) in [7, 11) is 1.84. The lowest BCUT2D eigenvalue weighted by Gasteiger charge is -2.19. The molecule has 0 N–H and O–H groups in total. The van der Waals surface area contributed by atoms with Crippen LogP contribution in [0.5, 0.6) is 5.75 Å². The summed E-state index contributed by atoms with van der Waals surface area (Å²) in [4.78, 5) is 17.0. The summed E-state index contributed by atoms with van der Waals surface area (Å²) in [5, 5.41) is 4.31. The van der Waals surface area contributed by atoms with Gasteiger partial charge in [0.25, 0.3) is 0 Å². The van der Waals surface area contributed by atoms with E-state index in [4.69, 9.17) is 4.74 Å². The third-order valence-corrected chi connectivity index (χ3v) is 4.24. The van der Waals surface area contributed by atoms with Gasteiger partial charge in [-0.3, -0.25) is 4.79 Å². The summed E-state index contributed by atoms with van der Waals surface area (Å²) in [6, 6.07) is 16.0. The Labute approximate surface area is 139 Å². The van der Waals surface area contributed by atoms with Crippen LogP contribution in [-0.4, -0.2) is 34.3 Å². The highest BCUT2D eigenvalue weighted by Gasteiger charge is 2.29. The zero-order chi connectivity index (χ0) is 16.5. The van der Waals surface area contributed by atoms with Crippen molar-refractivity contribution in [2.75, 3.05) is 11.9 Å². The first-order valence-electron chi connectivity index (χ1n) is 7.65. The van der Waals surface area contributed by atoms with E-state index in [9.17, 15) is 4.79 Å². The lowest BCUT2D eigenvalue weighted by atomic mass is 9.98. The second-order valence-electron chi connectivity index (χ2n) is 5.67. The molecule has 0 bridgehead atoms. The lowest BCUT2D eigenvalue weighted by Crippen LogP contribution is -2.31. The highest BCUT2D eigenvalue weighted by molar-refractivity contribution is 5.73. The number of ether oxygens (including phenoxy) is 1. The summed E-state index contributed by atoms with van der Waals surface area (Å²) in [6.45, 7) is 0. The molecule has 1 aliphatic rings. The van der Waals surface area contributed by atoms with Gasteiger partial charge < -0.3 is 9.64 Å². The van der Waals surface area contributed by atoms with Crippen LogP contribution in [0.2, 0.25) is 0 Å². The smallest absolute Gasteiger partial charge is 0.228 e. The second-order valence-corrected chi connectivity index (χ2v) is 5.67. The van der Waals surface area contributed by atoms with Crippen molar-refractivity contribution < 1.29 is 9.53 Å². The average Bonchev–Trinajstić information content (AvgIpc) is 3.24. The molecule has 0 saturated carbocycles. The molecule has 4 rings (SSSR count). The van der Waals surface area contributed by atoms with Crippen molar-refractivity contribution in [1.82, 2.24) is 14.8 Å². The van der Waals surface area contributed by atoms with Crippen molar-refractivity contribution in [1.29, 1.82) is 0 Å². The minimum atomic E-state index is -0.572. The third-order valence-electron chi connectivity index (χ3n) is 4.24. The van der Waals surface area contributed by atoms with Crippen LogP contribution in [0.25, 0.3) is 0 Å². The molecule has 6 nitrogen and oxygen atoms in total. The van der Waals surface area contributed by atoms with E-state index in [1.165, 1.54) is 6.33 Å². The number of likely N-dealkylation sites (N-methyl/N-ethyl adjacent to an activating group) is 1. The summed E-state index contributed by atoms with van der Waals surface area (Å²) < 4.78 is 7.54. The van der Waals surface area contributed by atoms with Crippen molar-refractivity contribution in [3.05, 3.63) is 72.3 Å². The fraction of sp³-hybridized carbons (Fsp3) is 0.167. The second kappa shape index (κ2) is 5.81. The minimum Gasteiger partial charge on any atom is -0.461 e. The van der Waals surface area contributed by atoms with E-state index in [1.54, 1.807) is 6.33 Å². The van der Waals surface area contributed by atoms with Crippen molar-refractivity contribution >= 4 is 12.0 Å². The molecule has 2 aromatic carbocycles. The van der Waals surface area contributed by atoms with E-state index in [0.29, 0.717) is 5.75 Å². The van der Waals surface area contributed by atoms with Gasteiger partial charge in [-0.25, -0.2) is 9.67 Å². The van der Waals surface area contributed by atoms with Crippen LogP contribution in [0.15, 0.2) is 61.2 Å². The molecule has 2 heterocycles. The largest absolute Gasteiger partial charge is 0.461 e. The zero-order valence-electron chi connectivity index (χ0n) is 13.1. The van der Waals surface area contributed by atoms with Gasteiger partial charge in [0.05, 0.1) is 5.69 Å². The molecule has 24 heavy (non-hydrogen) atoms. The summed E-state index contributed by atoms with van der Waals surface area (Å²) in [6.07, 6.45) is 3.45. The van der Waals surface area contributed by atoms with E-state index in [0.717, 1.165) is 23.1 Å². The van der Waals surface area contributed by atoms with Crippen molar-refractivity contribution in [3.8, 4) is 5.75 Å². The molecule has 0 radical (unpaired) electrons. The zero-order valence-corrected chi connectivity index (χ0v) is 13.1. The fourth-order valence-corrected chi connectivity index (χ4v) is 3.04. The first-order valence-corrected chi connectivity index (χ1v) is 7.65. The summed E-state index contributed by atoms with van der Waals surface area (Å²) in [5.41, 5.74) is 3.02. The highest BCUT2D eigenvalue weighted by atomic mass is 16.5. The first-order chi connectivity index (χ1) is 11.8. The lowest BCUT2D eigenvalue weighted by molar-refractivity contribution is -0.113. The number of carbonyl (C=O) groups is 1. The molecule has 0 fully saturated rings. The number of benzene rings is 2. The Hall–Kier alpha value is -3.15. The van der Waals surface area contributed by atoms with Crippen LogP contribution in [0.4, 0.5) is 5.69 Å². The van der Waals surface area contributed by atoms with Gasteiger partial charge in [0.2, 0.25) is 6.23 Å². The van der Waals surface area contributed by atoms with Gasteiger partial charge in [0.15, 0.2) is 6.29 Å². The fourth-order valence-electron chi connectivity index (χ4n) is 3.04. The third kappa shape index (κ3) is 2.32. The SMILES string of the molecule is CN1c2ccc(C(c3ccccc3)n3cncn3)cc2OC1C=O. The van der Waals surface area contributed by atoms with Crippen LogP contribution in [0, 0.1) is 0 Å². The maximum absolute atomic E-state index is 11.1. The topological polar surface area (TPSA) is 60.3 Å². The van der Waals surface area contributed by atoms with Crippen LogP contribution >= 0.6 is 0 Å². The Morgan fingerprint density at radius 2 is 2.00 bits per heavy atom. The predicted octanol–water partition coefficient (Wildman–Crippen LogP) is 2.27. The predicted molar refractivity (Wildman–Crippen MR) is 89.0 cm³/mol. The molecule has 0 amide bonds. The van der Waals surface area contributed by atoms with Crippen molar-refractivity contribution in [3.63, 3.8) is 0 Å². The molecule has 2 atom stereocenters. The highest BCUT2D eigenvalue weighted by Crippen LogP contribution is 2.39. The Morgan fingerprint density at radius 1 is 1.17 bits per heavy atom. The number of nitrogens with zero attached hydrogens (tertiary/aromatic N) is 4. The molecular weight excluding hydrogens is 304 g/mol. The van der Waals surface area contributed by atoms with Crippen molar-refractivity contribution in [2.24, 2.45) is 0 Å². The van der Waals surface area contributed by atoms with Gasteiger partial charge in [-0.2, -0.15) is 5.10 Å². The van der Waals surface area contributed by atoms with E-state index < -0.39 is 6.23 Å². The van der Waals surface area contributed by atoms with Gasteiger partial charge in [-0.1, -0.05) is 36.4 Å². The summed E-state index contributed by atoms with van der Waals surface area (Å²) in [5.74, 6) is 0.702. The Morgan fingerprint density at radius 3 is 2.71 bits per heavy atom. The van der Waals surface area contributed by atoms with Crippen LogP contribution in [0.1, 0.15) is 17.2 Å². The maximum Gasteiger partial charge on any atom is 0.228 e. The minimum absolute atomic E-state index is 0.108. The van der Waals surface area contributed by atoms with Crippen molar-refractivity contribution in [2.45, 2.75) is 12.3 Å². The number of hydrogen-bond donors (Lipinski definition) is 0. The monoisotopic (exact) mass is 320 g/mol. The molecule has 0 saturated heterocycles. The number of anilines is 1. The molecule has 0 spiro atoms. The van der Waals surface area contributed by atoms with Gasteiger partial charge >= 0.3 is 0 Å². The standard InChI is InChI=1S/C18H16N4O2/c1-21-15-8-7-14(9-16(15)24-17(21)10-23)18(22-12-19-11-20-22)13-5-3-2-4-6-13/h2-12,17-18H,1H3. The first kappa shape index (κ1) is 14.4. The number of fused-ring (bicyclic) bond motifs is 1. The molecule has 1 aromatic heterocycles. The number of aldehydes is 1. The van der Waals surface area contributed by atoms with Crippen LogP contribution < -0.4 is 9.64 Å². The average molecular weight is 320 g/mol. The Balaban J connectivity index is 1.80. The van der Waals surface area contributed by atoms with Gasteiger partial charge in [0.1, 0.15) is 24.4 Å². The molecule has 1 aliphatic heterocycles. The number of aromatic nitrogens is 3.